The second-order valence-electron chi connectivity index (χ2n) is 4.27. The summed E-state index contributed by atoms with van der Waals surface area (Å²) >= 11 is 6.02. The molecule has 0 spiro atoms. The zero-order valence-corrected chi connectivity index (χ0v) is 12.1. The summed E-state index contributed by atoms with van der Waals surface area (Å²) in [5.74, 6) is 0.889. The van der Waals surface area contributed by atoms with E-state index in [2.05, 4.69) is 27.5 Å². The van der Waals surface area contributed by atoms with Crippen molar-refractivity contribution in [2.75, 3.05) is 17.7 Å². The quantitative estimate of drug-likeness (QED) is 0.875. The lowest BCUT2D eigenvalue weighted by Gasteiger charge is -2.14. The third kappa shape index (κ3) is 2.99. The Kier molecular flexibility index (Phi) is 4.74. The van der Waals surface area contributed by atoms with Gasteiger partial charge in [-0.2, -0.15) is 0 Å². The highest BCUT2D eigenvalue weighted by atomic mass is 35.5. The summed E-state index contributed by atoms with van der Waals surface area (Å²) in [7, 11) is 1.79. The van der Waals surface area contributed by atoms with Gasteiger partial charge in [0, 0.05) is 12.6 Å². The molecule has 0 aliphatic rings. The van der Waals surface area contributed by atoms with Crippen LogP contribution in [-0.4, -0.2) is 17.0 Å². The van der Waals surface area contributed by atoms with Gasteiger partial charge >= 0.3 is 0 Å². The molecule has 4 nitrogen and oxygen atoms in total. The fraction of sp³-hybridized carbons (Fsp3) is 0.286. The number of hydrogen-bond acceptors (Lipinski definition) is 4. The topological polar surface area (TPSA) is 49.8 Å². The fourth-order valence-corrected chi connectivity index (χ4v) is 2.17. The molecular weight excluding hydrogens is 279 g/mol. The van der Waals surface area contributed by atoms with Crippen molar-refractivity contribution >= 4 is 28.9 Å². The Labute approximate surface area is 122 Å². The van der Waals surface area contributed by atoms with Crippen molar-refractivity contribution in [3.05, 3.63) is 40.9 Å². The van der Waals surface area contributed by atoms with Crippen LogP contribution in [0.15, 0.2) is 24.5 Å². The highest BCUT2D eigenvalue weighted by molar-refractivity contribution is 6.33. The normalized spacial score (nSPS) is 10.4. The summed E-state index contributed by atoms with van der Waals surface area (Å²) in [5, 5.41) is 6.31. The van der Waals surface area contributed by atoms with E-state index in [1.807, 2.05) is 0 Å². The highest BCUT2D eigenvalue weighted by Crippen LogP contribution is 2.30. The summed E-state index contributed by atoms with van der Waals surface area (Å²) in [6, 6.07) is 4.55. The van der Waals surface area contributed by atoms with Crippen molar-refractivity contribution in [2.45, 2.75) is 19.8 Å². The second kappa shape index (κ2) is 6.52. The Morgan fingerprint density at radius 1 is 1.25 bits per heavy atom. The minimum absolute atomic E-state index is 0.229. The molecule has 1 aromatic carbocycles. The minimum atomic E-state index is -0.412. The molecule has 0 bridgehead atoms. The highest BCUT2D eigenvalue weighted by Gasteiger charge is 2.13. The molecule has 0 atom stereocenters. The standard InChI is InChI=1S/C14H16ClFN4/c1-3-5-9-13(17-2)18-8-19-14(9)20-12-10(15)6-4-7-11(12)16/h4,6-8H,3,5H2,1-2H3,(H2,17,18,19,20). The molecule has 2 aromatic rings. The summed E-state index contributed by atoms with van der Waals surface area (Å²) in [4.78, 5) is 8.37. The Morgan fingerprint density at radius 2 is 2.00 bits per heavy atom. The Morgan fingerprint density at radius 3 is 2.65 bits per heavy atom. The first kappa shape index (κ1) is 14.5. The Balaban J connectivity index is 2.43. The molecule has 0 saturated carbocycles. The van der Waals surface area contributed by atoms with Crippen LogP contribution in [0.1, 0.15) is 18.9 Å². The third-order valence-electron chi connectivity index (χ3n) is 2.89. The van der Waals surface area contributed by atoms with Crippen molar-refractivity contribution in [1.29, 1.82) is 0 Å². The molecule has 6 heteroatoms. The number of nitrogens with one attached hydrogen (secondary N) is 2. The summed E-state index contributed by atoms with van der Waals surface area (Å²) in [6.45, 7) is 2.06. The molecule has 0 aliphatic heterocycles. The van der Waals surface area contributed by atoms with E-state index in [1.165, 1.54) is 12.4 Å². The molecule has 0 amide bonds. The van der Waals surface area contributed by atoms with Crippen LogP contribution in [0.25, 0.3) is 0 Å². The van der Waals surface area contributed by atoms with E-state index < -0.39 is 5.82 Å². The molecule has 1 heterocycles. The third-order valence-corrected chi connectivity index (χ3v) is 3.20. The van der Waals surface area contributed by atoms with Crippen molar-refractivity contribution in [2.24, 2.45) is 0 Å². The fourth-order valence-electron chi connectivity index (χ4n) is 1.96. The van der Waals surface area contributed by atoms with E-state index >= 15 is 0 Å². The van der Waals surface area contributed by atoms with Gasteiger partial charge < -0.3 is 10.6 Å². The van der Waals surface area contributed by atoms with Gasteiger partial charge in [0.25, 0.3) is 0 Å². The first-order chi connectivity index (χ1) is 9.67. The van der Waals surface area contributed by atoms with Crippen molar-refractivity contribution in [3.63, 3.8) is 0 Å². The molecule has 106 valence electrons. The van der Waals surface area contributed by atoms with Crippen molar-refractivity contribution in [1.82, 2.24) is 9.97 Å². The van der Waals surface area contributed by atoms with Crippen LogP contribution in [0.2, 0.25) is 5.02 Å². The largest absolute Gasteiger partial charge is 0.373 e. The molecule has 0 fully saturated rings. The number of benzene rings is 1. The maximum Gasteiger partial charge on any atom is 0.148 e. The van der Waals surface area contributed by atoms with Crippen LogP contribution in [0.4, 0.5) is 21.7 Å². The lowest BCUT2D eigenvalue weighted by molar-refractivity contribution is 0.632. The first-order valence-electron chi connectivity index (χ1n) is 6.40. The molecule has 0 saturated heterocycles. The predicted octanol–water partition coefficient (Wildman–Crippen LogP) is 4.01. The number of aromatic nitrogens is 2. The number of anilines is 3. The van der Waals surface area contributed by atoms with Gasteiger partial charge in [-0.15, -0.1) is 0 Å². The van der Waals surface area contributed by atoms with Crippen LogP contribution in [-0.2, 0) is 6.42 Å². The summed E-state index contributed by atoms with van der Waals surface area (Å²) in [5.41, 5.74) is 1.14. The van der Waals surface area contributed by atoms with E-state index in [-0.39, 0.29) is 5.69 Å². The zero-order valence-electron chi connectivity index (χ0n) is 11.4. The maximum atomic E-state index is 13.8. The minimum Gasteiger partial charge on any atom is -0.373 e. The maximum absolute atomic E-state index is 13.8. The van der Waals surface area contributed by atoms with E-state index in [0.29, 0.717) is 10.8 Å². The first-order valence-corrected chi connectivity index (χ1v) is 6.77. The van der Waals surface area contributed by atoms with Gasteiger partial charge in [-0.05, 0) is 18.6 Å². The molecule has 0 unspecified atom stereocenters. The monoisotopic (exact) mass is 294 g/mol. The van der Waals surface area contributed by atoms with E-state index in [0.717, 1.165) is 24.2 Å². The van der Waals surface area contributed by atoms with Gasteiger partial charge in [-0.1, -0.05) is 31.0 Å². The number of nitrogens with zero attached hydrogens (tertiary/aromatic N) is 2. The van der Waals surface area contributed by atoms with E-state index in [1.54, 1.807) is 19.2 Å². The number of hydrogen-bond donors (Lipinski definition) is 2. The van der Waals surface area contributed by atoms with Crippen molar-refractivity contribution in [3.8, 4) is 0 Å². The molecule has 0 radical (unpaired) electrons. The van der Waals surface area contributed by atoms with Crippen LogP contribution < -0.4 is 10.6 Å². The van der Waals surface area contributed by atoms with Gasteiger partial charge in [0.2, 0.25) is 0 Å². The van der Waals surface area contributed by atoms with Gasteiger partial charge in [0.1, 0.15) is 23.8 Å². The number of halogens is 2. The summed E-state index contributed by atoms with van der Waals surface area (Å²) in [6.07, 6.45) is 3.15. The predicted molar refractivity (Wildman–Crippen MR) is 80.3 cm³/mol. The molecule has 1 aromatic heterocycles. The van der Waals surface area contributed by atoms with Gasteiger partial charge in [0.05, 0.1) is 10.7 Å². The average Bonchev–Trinajstić information content (AvgIpc) is 2.44. The molecule has 20 heavy (non-hydrogen) atoms. The molecule has 2 N–H and O–H groups in total. The Hall–Kier alpha value is -1.88. The smallest absolute Gasteiger partial charge is 0.148 e. The van der Waals surface area contributed by atoms with Gasteiger partial charge in [-0.3, -0.25) is 0 Å². The molecule has 0 aliphatic carbocycles. The van der Waals surface area contributed by atoms with E-state index in [4.69, 9.17) is 11.6 Å². The average molecular weight is 295 g/mol. The van der Waals surface area contributed by atoms with Crippen LogP contribution >= 0.6 is 11.6 Å². The lowest BCUT2D eigenvalue weighted by Crippen LogP contribution is -2.06. The van der Waals surface area contributed by atoms with Gasteiger partial charge in [-0.25, -0.2) is 14.4 Å². The van der Waals surface area contributed by atoms with Gasteiger partial charge in [0.15, 0.2) is 0 Å². The molecular formula is C14H16ClFN4. The number of para-hydroxylation sites is 1. The summed E-state index contributed by atoms with van der Waals surface area (Å²) < 4.78 is 13.8. The number of rotatable bonds is 5. The zero-order chi connectivity index (χ0) is 14.5. The molecule has 2 rings (SSSR count). The SMILES string of the molecule is CCCc1c(NC)ncnc1Nc1c(F)cccc1Cl. The lowest BCUT2D eigenvalue weighted by atomic mass is 10.1. The second-order valence-corrected chi connectivity index (χ2v) is 4.68. The van der Waals surface area contributed by atoms with Crippen LogP contribution in [0, 0.1) is 5.82 Å². The Bertz CT molecular complexity index is 583. The van der Waals surface area contributed by atoms with Crippen LogP contribution in [0.5, 0.6) is 0 Å². The van der Waals surface area contributed by atoms with E-state index in [9.17, 15) is 4.39 Å². The van der Waals surface area contributed by atoms with Crippen LogP contribution in [0.3, 0.4) is 0 Å². The van der Waals surface area contributed by atoms with Crippen molar-refractivity contribution < 1.29 is 4.39 Å².